The van der Waals surface area contributed by atoms with Crippen LogP contribution in [0.25, 0.3) is 10.9 Å². The number of benzene rings is 1. The first-order valence-electron chi connectivity index (χ1n) is 6.79. The van der Waals surface area contributed by atoms with Crippen molar-refractivity contribution in [2.75, 3.05) is 24.6 Å². The van der Waals surface area contributed by atoms with E-state index < -0.39 is 10.8 Å². The second kappa shape index (κ2) is 5.50. The van der Waals surface area contributed by atoms with Gasteiger partial charge in [0, 0.05) is 53.0 Å². The number of aromatic hydroxyl groups is 1. The molecule has 0 bridgehead atoms. The smallest absolute Gasteiger partial charge is 0.141 e. The van der Waals surface area contributed by atoms with E-state index in [0.29, 0.717) is 5.52 Å². The molecule has 1 aromatic carbocycles. The van der Waals surface area contributed by atoms with Gasteiger partial charge in [-0.05, 0) is 24.6 Å². The molecule has 2 heterocycles. The third-order valence-electron chi connectivity index (χ3n) is 3.73. The molecule has 0 radical (unpaired) electrons. The van der Waals surface area contributed by atoms with Crippen molar-refractivity contribution in [1.82, 2.24) is 9.88 Å². The van der Waals surface area contributed by atoms with E-state index in [1.54, 1.807) is 6.07 Å². The monoisotopic (exact) mass is 290 g/mol. The van der Waals surface area contributed by atoms with E-state index in [9.17, 15) is 9.32 Å². The third kappa shape index (κ3) is 2.69. The first-order valence-corrected chi connectivity index (χ1v) is 8.28. The van der Waals surface area contributed by atoms with Gasteiger partial charge in [-0.25, -0.2) is 4.98 Å². The Bertz CT molecular complexity index is 662. The van der Waals surface area contributed by atoms with Crippen molar-refractivity contribution in [3.05, 3.63) is 35.5 Å². The van der Waals surface area contributed by atoms with E-state index in [4.69, 9.17) is 0 Å². The molecule has 0 saturated carbocycles. The van der Waals surface area contributed by atoms with Crippen molar-refractivity contribution in [3.8, 4) is 5.75 Å². The van der Waals surface area contributed by atoms with Crippen LogP contribution in [-0.4, -0.2) is 43.8 Å². The predicted octanol–water partition coefficient (Wildman–Crippen LogP) is 1.81. The topological polar surface area (TPSA) is 53.4 Å². The first kappa shape index (κ1) is 13.5. The largest absolute Gasteiger partial charge is 0.506 e. The fraction of sp³-hybridized carbons (Fsp3) is 0.400. The molecule has 20 heavy (non-hydrogen) atoms. The average molecular weight is 290 g/mol. The summed E-state index contributed by atoms with van der Waals surface area (Å²) in [6, 6.07) is 7.66. The van der Waals surface area contributed by atoms with Crippen molar-refractivity contribution in [3.63, 3.8) is 0 Å². The lowest BCUT2D eigenvalue weighted by atomic mass is 10.1. The number of fused-ring (bicyclic) bond motifs is 1. The van der Waals surface area contributed by atoms with Gasteiger partial charge in [-0.1, -0.05) is 12.1 Å². The Morgan fingerprint density at radius 3 is 2.75 bits per heavy atom. The molecule has 106 valence electrons. The molecule has 1 fully saturated rings. The van der Waals surface area contributed by atoms with Gasteiger partial charge in [0.2, 0.25) is 0 Å². The van der Waals surface area contributed by atoms with E-state index in [1.165, 1.54) is 0 Å². The van der Waals surface area contributed by atoms with Crippen LogP contribution in [0.2, 0.25) is 0 Å². The Morgan fingerprint density at radius 1 is 1.25 bits per heavy atom. The average Bonchev–Trinajstić information content (AvgIpc) is 2.44. The second-order valence-corrected chi connectivity index (χ2v) is 6.91. The summed E-state index contributed by atoms with van der Waals surface area (Å²) in [5, 5.41) is 10.9. The molecule has 0 spiro atoms. The number of hydrogen-bond acceptors (Lipinski definition) is 4. The lowest BCUT2D eigenvalue weighted by molar-refractivity contribution is 0.292. The van der Waals surface area contributed by atoms with Crippen molar-refractivity contribution >= 4 is 21.7 Å². The molecular formula is C15H18N2O2S. The van der Waals surface area contributed by atoms with Gasteiger partial charge in [0.05, 0.1) is 0 Å². The van der Waals surface area contributed by atoms with Crippen LogP contribution in [0.4, 0.5) is 0 Å². The van der Waals surface area contributed by atoms with Crippen LogP contribution < -0.4 is 0 Å². The van der Waals surface area contributed by atoms with Crippen molar-refractivity contribution < 1.29 is 9.32 Å². The summed E-state index contributed by atoms with van der Waals surface area (Å²) in [6.45, 7) is 4.48. The molecule has 4 nitrogen and oxygen atoms in total. The van der Waals surface area contributed by atoms with E-state index >= 15 is 0 Å². The summed E-state index contributed by atoms with van der Waals surface area (Å²) in [5.41, 5.74) is 2.74. The normalized spacial score (nSPS) is 17.6. The number of nitrogens with zero attached hydrogens (tertiary/aromatic N) is 2. The van der Waals surface area contributed by atoms with Crippen LogP contribution >= 0.6 is 0 Å². The quantitative estimate of drug-likeness (QED) is 0.916. The molecule has 0 amide bonds. The zero-order valence-corrected chi connectivity index (χ0v) is 12.3. The van der Waals surface area contributed by atoms with Crippen LogP contribution in [0.5, 0.6) is 5.75 Å². The summed E-state index contributed by atoms with van der Waals surface area (Å²) in [5.74, 6) is 1.74. The Hall–Kier alpha value is -1.46. The number of rotatable bonds is 2. The maximum atomic E-state index is 11.4. The summed E-state index contributed by atoms with van der Waals surface area (Å²) in [4.78, 5) is 6.74. The number of phenols is 1. The van der Waals surface area contributed by atoms with Crippen LogP contribution in [0.3, 0.4) is 0 Å². The number of hydrogen-bond donors (Lipinski definition) is 1. The molecule has 1 aromatic heterocycles. The van der Waals surface area contributed by atoms with Gasteiger partial charge >= 0.3 is 0 Å². The Morgan fingerprint density at radius 2 is 2.00 bits per heavy atom. The highest BCUT2D eigenvalue weighted by Crippen LogP contribution is 2.27. The predicted molar refractivity (Wildman–Crippen MR) is 81.3 cm³/mol. The fourth-order valence-electron chi connectivity index (χ4n) is 2.57. The Labute approximate surface area is 120 Å². The van der Waals surface area contributed by atoms with Crippen LogP contribution in [0.1, 0.15) is 11.3 Å². The Kier molecular flexibility index (Phi) is 3.72. The van der Waals surface area contributed by atoms with Gasteiger partial charge in [0.1, 0.15) is 11.3 Å². The summed E-state index contributed by atoms with van der Waals surface area (Å²) in [7, 11) is -0.647. The minimum Gasteiger partial charge on any atom is -0.506 e. The van der Waals surface area contributed by atoms with Crippen LogP contribution in [0, 0.1) is 6.92 Å². The molecule has 3 rings (SSSR count). The molecular weight excluding hydrogens is 272 g/mol. The minimum absolute atomic E-state index is 0.229. The van der Waals surface area contributed by atoms with Gasteiger partial charge in [-0.2, -0.15) is 0 Å². The zero-order chi connectivity index (χ0) is 14.1. The summed E-state index contributed by atoms with van der Waals surface area (Å²) >= 11 is 0. The number of aromatic nitrogens is 1. The van der Waals surface area contributed by atoms with Crippen molar-refractivity contribution in [2.24, 2.45) is 0 Å². The first-order chi connectivity index (χ1) is 9.63. The number of aryl methyl sites for hydroxylation is 1. The zero-order valence-electron chi connectivity index (χ0n) is 11.5. The van der Waals surface area contributed by atoms with Crippen LogP contribution in [0.15, 0.2) is 24.3 Å². The molecule has 1 saturated heterocycles. The van der Waals surface area contributed by atoms with Crippen molar-refractivity contribution in [1.29, 1.82) is 0 Å². The lowest BCUT2D eigenvalue weighted by Gasteiger charge is -2.26. The fourth-order valence-corrected chi connectivity index (χ4v) is 3.70. The molecule has 0 atom stereocenters. The highest BCUT2D eigenvalue weighted by atomic mass is 32.2. The minimum atomic E-state index is -0.647. The van der Waals surface area contributed by atoms with Crippen molar-refractivity contribution in [2.45, 2.75) is 13.5 Å². The SMILES string of the molecule is Cc1ccc2c(CN3CCS(=O)CC3)ccc(O)c2n1. The summed E-state index contributed by atoms with van der Waals surface area (Å²) < 4.78 is 11.4. The maximum absolute atomic E-state index is 11.4. The van der Waals surface area contributed by atoms with E-state index in [2.05, 4.69) is 9.88 Å². The summed E-state index contributed by atoms with van der Waals surface area (Å²) in [6.07, 6.45) is 0. The third-order valence-corrected chi connectivity index (χ3v) is 5.01. The highest BCUT2D eigenvalue weighted by Gasteiger charge is 2.16. The molecule has 1 N–H and O–H groups in total. The second-order valence-electron chi connectivity index (χ2n) is 5.22. The van der Waals surface area contributed by atoms with E-state index in [-0.39, 0.29) is 5.75 Å². The van der Waals surface area contributed by atoms with E-state index in [0.717, 1.165) is 47.8 Å². The number of phenolic OH excluding ortho intramolecular Hbond substituents is 1. The molecule has 1 aliphatic heterocycles. The molecule has 1 aliphatic rings. The van der Waals surface area contributed by atoms with Gasteiger partial charge in [-0.3, -0.25) is 9.11 Å². The van der Waals surface area contributed by atoms with Gasteiger partial charge in [-0.15, -0.1) is 0 Å². The lowest BCUT2D eigenvalue weighted by Crippen LogP contribution is -2.37. The van der Waals surface area contributed by atoms with Crippen LogP contribution in [-0.2, 0) is 17.3 Å². The van der Waals surface area contributed by atoms with E-state index in [1.807, 2.05) is 25.1 Å². The molecule has 5 heteroatoms. The maximum Gasteiger partial charge on any atom is 0.141 e. The van der Waals surface area contributed by atoms with Gasteiger partial charge < -0.3 is 5.11 Å². The molecule has 2 aromatic rings. The Balaban J connectivity index is 1.92. The van der Waals surface area contributed by atoms with Gasteiger partial charge in [0.25, 0.3) is 0 Å². The molecule has 0 aliphatic carbocycles. The number of pyridine rings is 1. The highest BCUT2D eigenvalue weighted by molar-refractivity contribution is 7.85. The molecule has 0 unspecified atom stereocenters. The standard InChI is InChI=1S/C15H18N2O2S/c1-11-2-4-13-12(3-5-14(18)15(13)16-11)10-17-6-8-20(19)9-7-17/h2-5,18H,6-10H2,1H3. The van der Waals surface area contributed by atoms with Gasteiger partial charge in [0.15, 0.2) is 0 Å².